The lowest BCUT2D eigenvalue weighted by Crippen LogP contribution is -2.67. The van der Waals surface area contributed by atoms with E-state index in [-0.39, 0.29) is 12.1 Å². The molecule has 0 aliphatic carbocycles. The van der Waals surface area contributed by atoms with Crippen molar-refractivity contribution < 1.29 is 31.9 Å². The molecular weight excluding hydrogens is 615 g/mol. The number of halogens is 3. The maximum Gasteiger partial charge on any atom is 0.396 e. The van der Waals surface area contributed by atoms with E-state index in [0.29, 0.717) is 22.6 Å². The molecule has 0 spiro atoms. The molecule has 3 rings (SSSR count). The lowest BCUT2D eigenvalue weighted by molar-refractivity contribution is -0.265. The molecular formula is C34H44F3N3O5Si. The highest BCUT2D eigenvalue weighted by Gasteiger charge is 2.61. The van der Waals surface area contributed by atoms with Gasteiger partial charge < -0.3 is 19.8 Å². The molecule has 8 nitrogen and oxygen atoms in total. The number of ether oxygens (including phenoxy) is 1. The van der Waals surface area contributed by atoms with Gasteiger partial charge >= 0.3 is 6.18 Å². The van der Waals surface area contributed by atoms with Gasteiger partial charge in [0.25, 0.3) is 5.56 Å². The molecule has 1 aromatic heterocycles. The van der Waals surface area contributed by atoms with Crippen LogP contribution in [0, 0.1) is 17.3 Å². The van der Waals surface area contributed by atoms with Crippen molar-refractivity contribution >= 4 is 26.5 Å². The molecule has 3 aromatic rings. The number of benzene rings is 2. The Morgan fingerprint density at radius 2 is 1.52 bits per heavy atom. The molecule has 2 amide bonds. The van der Waals surface area contributed by atoms with E-state index in [1.807, 2.05) is 0 Å². The van der Waals surface area contributed by atoms with Crippen molar-refractivity contribution in [2.75, 3.05) is 12.4 Å². The summed E-state index contributed by atoms with van der Waals surface area (Å²) < 4.78 is 56.9. The summed E-state index contributed by atoms with van der Waals surface area (Å²) >= 11 is 0. The van der Waals surface area contributed by atoms with Gasteiger partial charge in [-0.1, -0.05) is 77.1 Å². The fraction of sp³-hybridized carbons (Fsp3) is 0.441. The van der Waals surface area contributed by atoms with Crippen LogP contribution >= 0.6 is 0 Å². The van der Waals surface area contributed by atoms with Crippen molar-refractivity contribution in [3.05, 3.63) is 82.6 Å². The maximum atomic E-state index is 14.8. The van der Waals surface area contributed by atoms with Crippen LogP contribution in [0.25, 0.3) is 11.3 Å². The van der Waals surface area contributed by atoms with Crippen LogP contribution in [-0.2, 0) is 27.0 Å². The predicted molar refractivity (Wildman–Crippen MR) is 176 cm³/mol. The summed E-state index contributed by atoms with van der Waals surface area (Å²) in [6.07, 6.45) is -4.73. The SMILES string of the molecule is COc1ccc(CC(=O)Nc2ccc(-c3ccccc3)n(CC(=O)NC(O[SiH](C)C)(C(C)C)C(C(C)(C)C)C(F)(F)F)c2=O)cc1. The second kappa shape index (κ2) is 14.7. The summed E-state index contributed by atoms with van der Waals surface area (Å²) in [5, 5.41) is 5.25. The third-order valence-electron chi connectivity index (χ3n) is 7.59. The lowest BCUT2D eigenvalue weighted by atomic mass is 9.70. The minimum Gasteiger partial charge on any atom is -0.497 e. The number of alkyl halides is 3. The Balaban J connectivity index is 2.05. The fourth-order valence-electron chi connectivity index (χ4n) is 5.77. The van der Waals surface area contributed by atoms with Gasteiger partial charge in [0, 0.05) is 5.92 Å². The normalized spacial score (nSPS) is 14.1. The molecule has 2 atom stereocenters. The molecule has 2 N–H and O–H groups in total. The maximum absolute atomic E-state index is 14.8. The van der Waals surface area contributed by atoms with Crippen molar-refractivity contribution in [1.29, 1.82) is 0 Å². The van der Waals surface area contributed by atoms with Crippen molar-refractivity contribution in [2.45, 2.75) is 72.6 Å². The van der Waals surface area contributed by atoms with Crippen LogP contribution in [0.5, 0.6) is 5.75 Å². The number of hydrogen-bond acceptors (Lipinski definition) is 5. The highest BCUT2D eigenvalue weighted by molar-refractivity contribution is 6.48. The van der Waals surface area contributed by atoms with E-state index in [2.05, 4.69) is 10.6 Å². The number of carbonyl (C=O) groups is 2. The van der Waals surface area contributed by atoms with E-state index in [4.69, 9.17) is 9.16 Å². The number of methoxy groups -OCH3 is 1. The molecule has 46 heavy (non-hydrogen) atoms. The van der Waals surface area contributed by atoms with Crippen molar-refractivity contribution in [1.82, 2.24) is 9.88 Å². The quantitative estimate of drug-likeness (QED) is 0.173. The van der Waals surface area contributed by atoms with Crippen LogP contribution in [0.1, 0.15) is 40.2 Å². The van der Waals surface area contributed by atoms with Crippen molar-refractivity contribution in [3.63, 3.8) is 0 Å². The number of carbonyl (C=O) groups excluding carboxylic acids is 2. The summed E-state index contributed by atoms with van der Waals surface area (Å²) in [6.45, 7) is 10.5. The van der Waals surface area contributed by atoms with Gasteiger partial charge in [0.05, 0.1) is 19.2 Å². The van der Waals surface area contributed by atoms with Crippen LogP contribution in [0.15, 0.2) is 71.5 Å². The number of hydrogen-bond donors (Lipinski definition) is 2. The zero-order valence-corrected chi connectivity index (χ0v) is 28.8. The summed E-state index contributed by atoms with van der Waals surface area (Å²) in [5.41, 5.74) is -2.53. The van der Waals surface area contributed by atoms with Gasteiger partial charge in [-0.3, -0.25) is 19.0 Å². The molecule has 250 valence electrons. The van der Waals surface area contributed by atoms with E-state index in [1.54, 1.807) is 87.6 Å². The number of nitrogens with zero attached hydrogens (tertiary/aromatic N) is 1. The van der Waals surface area contributed by atoms with Crippen LogP contribution in [0.2, 0.25) is 13.1 Å². The zero-order valence-electron chi connectivity index (χ0n) is 27.6. The summed E-state index contributed by atoms with van der Waals surface area (Å²) in [6, 6.07) is 18.7. The van der Waals surface area contributed by atoms with E-state index in [1.165, 1.54) is 33.9 Å². The molecule has 0 radical (unpaired) electrons. The fourth-order valence-corrected chi connectivity index (χ4v) is 7.01. The van der Waals surface area contributed by atoms with E-state index in [9.17, 15) is 27.6 Å². The Hall–Kier alpha value is -3.90. The van der Waals surface area contributed by atoms with Gasteiger partial charge in [0.2, 0.25) is 11.8 Å². The Kier molecular flexibility index (Phi) is 11.7. The first kappa shape index (κ1) is 36.6. The molecule has 0 saturated heterocycles. The smallest absolute Gasteiger partial charge is 0.396 e. The van der Waals surface area contributed by atoms with Crippen molar-refractivity contribution in [2.24, 2.45) is 17.3 Å². The Bertz CT molecular complexity index is 1540. The third kappa shape index (κ3) is 8.88. The Labute approximate surface area is 270 Å². The van der Waals surface area contributed by atoms with Gasteiger partial charge in [-0.05, 0) is 53.9 Å². The minimum atomic E-state index is -4.71. The molecule has 0 bridgehead atoms. The number of pyridine rings is 1. The van der Waals surface area contributed by atoms with Crippen LogP contribution in [0.3, 0.4) is 0 Å². The zero-order chi connectivity index (χ0) is 34.4. The summed E-state index contributed by atoms with van der Waals surface area (Å²) in [4.78, 5) is 40.6. The molecule has 1 heterocycles. The van der Waals surface area contributed by atoms with E-state index < -0.39 is 62.1 Å². The average molecular weight is 660 g/mol. The number of anilines is 1. The molecule has 0 aliphatic rings. The molecule has 0 saturated carbocycles. The average Bonchev–Trinajstić information content (AvgIpc) is 2.94. The van der Waals surface area contributed by atoms with Gasteiger partial charge in [-0.25, -0.2) is 0 Å². The Morgan fingerprint density at radius 1 is 0.913 bits per heavy atom. The standard InChI is InChI=1S/C34H44F3N3O5Si/c1-22(2)33(45-46(7)8,31(32(3,4)5)34(35,36)37)39-29(42)21-40-27(24-12-10-9-11-13-24)19-18-26(30(40)43)38-28(41)20-23-14-16-25(44-6)17-15-23/h9-19,22,31,46H,20-21H2,1-8H3,(H,38,41)(H,39,42). The van der Waals surface area contributed by atoms with Gasteiger partial charge in [0.15, 0.2) is 9.04 Å². The number of rotatable bonds is 12. The summed E-state index contributed by atoms with van der Waals surface area (Å²) in [5.74, 6) is -3.49. The molecule has 2 aromatic carbocycles. The number of amides is 2. The Morgan fingerprint density at radius 3 is 2.02 bits per heavy atom. The molecule has 0 fully saturated rings. The molecule has 12 heteroatoms. The first-order valence-electron chi connectivity index (χ1n) is 15.2. The first-order chi connectivity index (χ1) is 21.4. The van der Waals surface area contributed by atoms with Crippen LogP contribution < -0.4 is 20.9 Å². The monoisotopic (exact) mass is 659 g/mol. The second-order valence-corrected chi connectivity index (χ2v) is 15.3. The lowest BCUT2D eigenvalue weighted by Gasteiger charge is -2.51. The first-order valence-corrected chi connectivity index (χ1v) is 17.9. The van der Waals surface area contributed by atoms with E-state index >= 15 is 0 Å². The highest BCUT2D eigenvalue weighted by Crippen LogP contribution is 2.49. The second-order valence-electron chi connectivity index (χ2n) is 13.0. The van der Waals surface area contributed by atoms with Gasteiger partial charge in [-0.15, -0.1) is 0 Å². The van der Waals surface area contributed by atoms with Crippen LogP contribution in [-0.4, -0.2) is 44.4 Å². The topological polar surface area (TPSA) is 98.7 Å². The largest absolute Gasteiger partial charge is 0.497 e. The summed E-state index contributed by atoms with van der Waals surface area (Å²) in [7, 11) is -0.626. The van der Waals surface area contributed by atoms with Crippen molar-refractivity contribution in [3.8, 4) is 17.0 Å². The number of aromatic nitrogens is 1. The molecule has 0 aliphatic heterocycles. The molecule has 2 unspecified atom stereocenters. The van der Waals surface area contributed by atoms with Gasteiger partial charge in [0.1, 0.15) is 29.6 Å². The third-order valence-corrected chi connectivity index (χ3v) is 8.45. The van der Waals surface area contributed by atoms with E-state index in [0.717, 1.165) is 4.57 Å². The predicted octanol–water partition coefficient (Wildman–Crippen LogP) is 6.40. The van der Waals surface area contributed by atoms with Gasteiger partial charge in [-0.2, -0.15) is 13.2 Å². The van der Waals surface area contributed by atoms with Crippen LogP contribution in [0.4, 0.5) is 18.9 Å². The highest BCUT2D eigenvalue weighted by atomic mass is 28.3. The minimum absolute atomic E-state index is 0.0245. The number of nitrogens with one attached hydrogen (secondary N) is 2.